The molecule has 0 spiro atoms. The number of carbonyl (C=O) groups excluding carboxylic acids is 4. The summed E-state index contributed by atoms with van der Waals surface area (Å²) in [5.74, 6) is -5.18. The monoisotopic (exact) mass is 592 g/mol. The van der Waals surface area contributed by atoms with Crippen molar-refractivity contribution in [2.24, 2.45) is 17.8 Å². The van der Waals surface area contributed by atoms with Gasteiger partial charge in [0.15, 0.2) is 11.6 Å². The number of ketones is 2. The van der Waals surface area contributed by atoms with Crippen LogP contribution in [0.2, 0.25) is 0 Å². The van der Waals surface area contributed by atoms with Gasteiger partial charge in [-0.05, 0) is 76.0 Å². The second-order valence-corrected chi connectivity index (χ2v) is 12.5. The number of Topliss-reactive ketones (excluding diaryl/α,β-unsaturated/α-hetero) is 2. The smallest absolute Gasteiger partial charge is 0.248 e. The third-order valence-corrected chi connectivity index (χ3v) is 8.84. The summed E-state index contributed by atoms with van der Waals surface area (Å²) >= 11 is 0. The SMILES string of the molecule is COc1ccc(CC(CC(=O)C(C)NC(=O)C2CCC(O)CC2)C(=O)NC(CC2CC(F)(F)C2)C(=O)C2(C)CO2)cc1. The highest BCUT2D eigenvalue weighted by atomic mass is 19.3. The van der Waals surface area contributed by atoms with E-state index in [1.165, 1.54) is 7.11 Å². The summed E-state index contributed by atoms with van der Waals surface area (Å²) in [4.78, 5) is 52.9. The molecule has 0 bridgehead atoms. The van der Waals surface area contributed by atoms with Gasteiger partial charge in [-0.15, -0.1) is 0 Å². The zero-order chi connectivity index (χ0) is 30.7. The fourth-order valence-electron chi connectivity index (χ4n) is 5.90. The van der Waals surface area contributed by atoms with Crippen LogP contribution >= 0.6 is 0 Å². The minimum atomic E-state index is -2.76. The summed E-state index contributed by atoms with van der Waals surface area (Å²) in [6.45, 7) is 3.39. The van der Waals surface area contributed by atoms with E-state index < -0.39 is 47.5 Å². The van der Waals surface area contributed by atoms with Crippen molar-refractivity contribution >= 4 is 23.4 Å². The van der Waals surface area contributed by atoms with Crippen molar-refractivity contribution in [3.8, 4) is 5.75 Å². The van der Waals surface area contributed by atoms with Gasteiger partial charge in [0.05, 0.1) is 31.9 Å². The van der Waals surface area contributed by atoms with Crippen LogP contribution in [0.4, 0.5) is 8.78 Å². The first kappa shape index (κ1) is 32.0. The predicted molar refractivity (Wildman–Crippen MR) is 149 cm³/mol. The minimum Gasteiger partial charge on any atom is -0.497 e. The van der Waals surface area contributed by atoms with Gasteiger partial charge in [0.25, 0.3) is 0 Å². The van der Waals surface area contributed by atoms with E-state index in [0.29, 0.717) is 31.4 Å². The van der Waals surface area contributed by atoms with E-state index in [-0.39, 0.29) is 62.1 Å². The maximum atomic E-state index is 13.7. The molecule has 3 fully saturated rings. The highest BCUT2D eigenvalue weighted by Crippen LogP contribution is 2.45. The van der Waals surface area contributed by atoms with E-state index in [1.807, 2.05) is 0 Å². The Morgan fingerprint density at radius 1 is 1.07 bits per heavy atom. The third kappa shape index (κ3) is 8.34. The highest BCUT2D eigenvalue weighted by molar-refractivity contribution is 5.98. The number of aliphatic hydroxyl groups excluding tert-OH is 1. The maximum absolute atomic E-state index is 13.7. The van der Waals surface area contributed by atoms with Crippen molar-refractivity contribution in [1.29, 1.82) is 0 Å². The average molecular weight is 593 g/mol. The third-order valence-electron chi connectivity index (χ3n) is 8.84. The van der Waals surface area contributed by atoms with E-state index in [0.717, 1.165) is 5.56 Å². The molecule has 232 valence electrons. The molecule has 42 heavy (non-hydrogen) atoms. The van der Waals surface area contributed by atoms with E-state index in [1.54, 1.807) is 38.1 Å². The number of aliphatic hydroxyl groups is 1. The molecule has 1 heterocycles. The summed E-state index contributed by atoms with van der Waals surface area (Å²) in [6.07, 6.45) is 1.13. The lowest BCUT2D eigenvalue weighted by Gasteiger charge is -2.37. The van der Waals surface area contributed by atoms with Crippen molar-refractivity contribution in [2.75, 3.05) is 13.7 Å². The molecule has 0 radical (unpaired) electrons. The van der Waals surface area contributed by atoms with Gasteiger partial charge in [0.1, 0.15) is 11.4 Å². The lowest BCUT2D eigenvalue weighted by atomic mass is 9.76. The highest BCUT2D eigenvalue weighted by Gasteiger charge is 2.53. The van der Waals surface area contributed by atoms with Crippen molar-refractivity contribution in [3.05, 3.63) is 29.8 Å². The van der Waals surface area contributed by atoms with Gasteiger partial charge >= 0.3 is 0 Å². The summed E-state index contributed by atoms with van der Waals surface area (Å²) in [5, 5.41) is 15.3. The first-order chi connectivity index (χ1) is 19.8. The minimum absolute atomic E-state index is 0.0743. The number of epoxide rings is 1. The van der Waals surface area contributed by atoms with Gasteiger partial charge in [-0.3, -0.25) is 19.2 Å². The number of carbonyl (C=O) groups is 4. The van der Waals surface area contributed by atoms with Crippen molar-refractivity contribution in [1.82, 2.24) is 10.6 Å². The molecule has 2 saturated carbocycles. The van der Waals surface area contributed by atoms with Gasteiger partial charge in [0, 0.05) is 31.1 Å². The summed E-state index contributed by atoms with van der Waals surface area (Å²) in [5.41, 5.74) is -0.292. The van der Waals surface area contributed by atoms with Crippen LogP contribution < -0.4 is 15.4 Å². The van der Waals surface area contributed by atoms with Crippen LogP contribution in [0.25, 0.3) is 0 Å². The molecule has 4 rings (SSSR count). The van der Waals surface area contributed by atoms with Crippen LogP contribution in [0.1, 0.15) is 70.8 Å². The van der Waals surface area contributed by atoms with Crippen molar-refractivity contribution < 1.29 is 42.5 Å². The Bertz CT molecular complexity index is 1140. The van der Waals surface area contributed by atoms with E-state index in [4.69, 9.17) is 9.47 Å². The van der Waals surface area contributed by atoms with Gasteiger partial charge in [-0.25, -0.2) is 8.78 Å². The van der Waals surface area contributed by atoms with Crippen LogP contribution in [-0.4, -0.2) is 71.9 Å². The molecule has 3 aliphatic rings. The van der Waals surface area contributed by atoms with Crippen LogP contribution in [0.15, 0.2) is 24.3 Å². The topological polar surface area (TPSA) is 134 Å². The van der Waals surface area contributed by atoms with Gasteiger partial charge in [0.2, 0.25) is 17.7 Å². The summed E-state index contributed by atoms with van der Waals surface area (Å²) in [7, 11) is 1.54. The predicted octanol–water partition coefficient (Wildman–Crippen LogP) is 3.15. The van der Waals surface area contributed by atoms with Crippen molar-refractivity contribution in [2.45, 2.75) is 101 Å². The standard InChI is InChI=1S/C31H42F2N2O7/c1-18(34-28(39)21-6-8-23(36)9-7-21)26(37)14-22(12-19-4-10-24(41-3)11-5-19)29(40)35-25(27(38)30(2)17-42-30)13-20-15-31(32,33)16-20/h4-5,10-11,18,20-23,25,36H,6-9,12-17H2,1-3H3,(H,34,39)(H,35,40). The molecule has 4 atom stereocenters. The number of nitrogens with one attached hydrogen (secondary N) is 2. The molecular formula is C31H42F2N2O7. The number of amides is 2. The largest absolute Gasteiger partial charge is 0.497 e. The Balaban J connectivity index is 1.45. The molecule has 1 aromatic carbocycles. The van der Waals surface area contributed by atoms with Gasteiger partial charge in [-0.2, -0.15) is 0 Å². The number of methoxy groups -OCH3 is 1. The average Bonchev–Trinajstić information content (AvgIpc) is 3.69. The number of alkyl halides is 2. The second kappa shape index (κ2) is 13.2. The van der Waals surface area contributed by atoms with Crippen LogP contribution in [-0.2, 0) is 30.3 Å². The van der Waals surface area contributed by atoms with Crippen LogP contribution in [0.3, 0.4) is 0 Å². The van der Waals surface area contributed by atoms with E-state index in [2.05, 4.69) is 10.6 Å². The number of ether oxygens (including phenoxy) is 2. The summed E-state index contributed by atoms with van der Waals surface area (Å²) < 4.78 is 37.6. The lowest BCUT2D eigenvalue weighted by molar-refractivity contribution is -0.138. The summed E-state index contributed by atoms with van der Waals surface area (Å²) in [6, 6.07) is 5.19. The zero-order valence-corrected chi connectivity index (χ0v) is 24.5. The zero-order valence-electron chi connectivity index (χ0n) is 24.5. The number of benzene rings is 1. The Morgan fingerprint density at radius 2 is 1.69 bits per heavy atom. The Morgan fingerprint density at radius 3 is 2.24 bits per heavy atom. The first-order valence-electron chi connectivity index (χ1n) is 14.8. The number of hydrogen-bond acceptors (Lipinski definition) is 7. The number of hydrogen-bond donors (Lipinski definition) is 3. The molecule has 1 saturated heterocycles. The fraction of sp³-hybridized carbons (Fsp3) is 0.677. The van der Waals surface area contributed by atoms with E-state index >= 15 is 0 Å². The fourth-order valence-corrected chi connectivity index (χ4v) is 5.90. The maximum Gasteiger partial charge on any atom is 0.248 e. The molecule has 1 aliphatic heterocycles. The molecule has 0 aromatic heterocycles. The lowest BCUT2D eigenvalue weighted by Crippen LogP contribution is -2.51. The molecular weight excluding hydrogens is 550 g/mol. The van der Waals surface area contributed by atoms with Gasteiger partial charge in [-0.1, -0.05) is 12.1 Å². The number of rotatable bonds is 14. The van der Waals surface area contributed by atoms with Gasteiger partial charge < -0.3 is 25.2 Å². The van der Waals surface area contributed by atoms with E-state index in [9.17, 15) is 33.1 Å². The van der Waals surface area contributed by atoms with Crippen LogP contribution in [0, 0.1) is 17.8 Å². The second-order valence-electron chi connectivity index (χ2n) is 12.5. The molecule has 11 heteroatoms. The first-order valence-corrected chi connectivity index (χ1v) is 14.8. The Labute approximate surface area is 245 Å². The Hall–Kier alpha value is -2.92. The normalized spacial score (nSPS) is 27.1. The van der Waals surface area contributed by atoms with Crippen LogP contribution in [0.5, 0.6) is 5.75 Å². The molecule has 2 amide bonds. The Kier molecular flexibility index (Phi) is 10.0. The quantitative estimate of drug-likeness (QED) is 0.283. The molecule has 3 N–H and O–H groups in total. The number of halogens is 2. The van der Waals surface area contributed by atoms with Crippen molar-refractivity contribution in [3.63, 3.8) is 0 Å². The molecule has 2 aliphatic carbocycles. The molecule has 1 aromatic rings. The molecule has 4 unspecified atom stereocenters. The molecule has 9 nitrogen and oxygen atoms in total.